The number of methoxy groups -OCH3 is 1. The lowest BCUT2D eigenvalue weighted by atomic mass is 9.92. The van der Waals surface area contributed by atoms with E-state index in [1.165, 1.54) is 0 Å². The molecule has 22 heavy (non-hydrogen) atoms. The first-order chi connectivity index (χ1) is 10.5. The molecule has 2 aromatic rings. The van der Waals surface area contributed by atoms with Crippen molar-refractivity contribution in [3.05, 3.63) is 52.3 Å². The summed E-state index contributed by atoms with van der Waals surface area (Å²) in [5.41, 5.74) is 10.5. The summed E-state index contributed by atoms with van der Waals surface area (Å²) >= 11 is 0. The first kappa shape index (κ1) is 16.1. The van der Waals surface area contributed by atoms with E-state index >= 15 is 0 Å². The molecule has 5 nitrogen and oxygen atoms in total. The van der Waals surface area contributed by atoms with Crippen molar-refractivity contribution in [3.63, 3.8) is 0 Å². The van der Waals surface area contributed by atoms with Gasteiger partial charge in [0, 0.05) is 19.2 Å². The fourth-order valence-electron chi connectivity index (χ4n) is 2.58. The van der Waals surface area contributed by atoms with Crippen molar-refractivity contribution in [2.24, 2.45) is 5.73 Å². The molecule has 0 aliphatic rings. The predicted molar refractivity (Wildman–Crippen MR) is 84.7 cm³/mol. The smallest absolute Gasteiger partial charge is 0.338 e. The molecule has 0 unspecified atom stereocenters. The number of carboxylic acid groups (broad SMARTS) is 1. The summed E-state index contributed by atoms with van der Waals surface area (Å²) in [5, 5.41) is 9.59. The van der Waals surface area contributed by atoms with Crippen LogP contribution in [0.25, 0.3) is 11.1 Å². The highest BCUT2D eigenvalue weighted by molar-refractivity contribution is 5.98. The van der Waals surface area contributed by atoms with E-state index in [-0.39, 0.29) is 12.1 Å². The SMILES string of the molecule is COCc1nc(C)c(C(=O)O)c(-c2ccc(C)cc2)c1CN. The second kappa shape index (κ2) is 6.68. The van der Waals surface area contributed by atoms with Crippen molar-refractivity contribution in [1.82, 2.24) is 4.98 Å². The van der Waals surface area contributed by atoms with Gasteiger partial charge >= 0.3 is 5.97 Å². The zero-order valence-electron chi connectivity index (χ0n) is 13.0. The maximum absolute atomic E-state index is 11.7. The van der Waals surface area contributed by atoms with Gasteiger partial charge in [-0.15, -0.1) is 0 Å². The van der Waals surface area contributed by atoms with Crippen molar-refractivity contribution < 1.29 is 14.6 Å². The number of nitrogens with zero attached hydrogens (tertiary/aromatic N) is 1. The standard InChI is InChI=1S/C17H20N2O3/c1-10-4-6-12(7-5-10)16-13(8-18)14(9-22-3)19-11(2)15(16)17(20)21/h4-7H,8-9,18H2,1-3H3,(H,20,21). The molecule has 116 valence electrons. The van der Waals surface area contributed by atoms with Crippen molar-refractivity contribution in [2.75, 3.05) is 7.11 Å². The van der Waals surface area contributed by atoms with Gasteiger partial charge in [-0.3, -0.25) is 4.98 Å². The number of benzene rings is 1. The van der Waals surface area contributed by atoms with Crippen molar-refractivity contribution in [3.8, 4) is 11.1 Å². The minimum Gasteiger partial charge on any atom is -0.478 e. The zero-order chi connectivity index (χ0) is 16.3. The minimum atomic E-state index is -1.00. The number of rotatable bonds is 5. The fraction of sp³-hybridized carbons (Fsp3) is 0.294. The van der Waals surface area contributed by atoms with Gasteiger partial charge in [-0.05, 0) is 25.0 Å². The zero-order valence-corrected chi connectivity index (χ0v) is 13.0. The van der Waals surface area contributed by atoms with Gasteiger partial charge in [-0.1, -0.05) is 29.8 Å². The Morgan fingerprint density at radius 1 is 1.27 bits per heavy atom. The minimum absolute atomic E-state index is 0.198. The number of carboxylic acids is 1. The molecule has 5 heteroatoms. The number of aryl methyl sites for hydroxylation is 2. The molecule has 0 aliphatic carbocycles. The normalized spacial score (nSPS) is 10.7. The summed E-state index contributed by atoms with van der Waals surface area (Å²) in [6.45, 7) is 4.18. The van der Waals surface area contributed by atoms with E-state index in [9.17, 15) is 9.90 Å². The first-order valence-electron chi connectivity index (χ1n) is 7.01. The molecule has 0 fully saturated rings. The molecule has 2 rings (SSSR count). The lowest BCUT2D eigenvalue weighted by Crippen LogP contribution is -2.14. The average molecular weight is 300 g/mol. The van der Waals surface area contributed by atoms with E-state index < -0.39 is 5.97 Å². The summed E-state index contributed by atoms with van der Waals surface area (Å²) in [5.74, 6) is -1.00. The van der Waals surface area contributed by atoms with E-state index in [4.69, 9.17) is 10.5 Å². The predicted octanol–water partition coefficient (Wildman–Crippen LogP) is 2.67. The number of nitrogens with two attached hydrogens (primary N) is 1. The van der Waals surface area contributed by atoms with Crippen LogP contribution in [-0.4, -0.2) is 23.2 Å². The Labute approximate surface area is 129 Å². The van der Waals surface area contributed by atoms with E-state index in [0.717, 1.165) is 11.1 Å². The summed E-state index contributed by atoms with van der Waals surface area (Å²) in [4.78, 5) is 16.1. The summed E-state index contributed by atoms with van der Waals surface area (Å²) in [6.07, 6.45) is 0. The van der Waals surface area contributed by atoms with E-state index in [1.54, 1.807) is 14.0 Å². The van der Waals surface area contributed by atoms with Crippen LogP contribution >= 0.6 is 0 Å². The van der Waals surface area contributed by atoms with Crippen molar-refractivity contribution in [2.45, 2.75) is 27.0 Å². The fourth-order valence-corrected chi connectivity index (χ4v) is 2.58. The Kier molecular flexibility index (Phi) is 4.90. The Hall–Kier alpha value is -2.24. The van der Waals surface area contributed by atoms with Crippen LogP contribution in [0.15, 0.2) is 24.3 Å². The van der Waals surface area contributed by atoms with Crippen LogP contribution in [0.1, 0.15) is 32.9 Å². The summed E-state index contributed by atoms with van der Waals surface area (Å²) in [7, 11) is 1.58. The molecule has 3 N–H and O–H groups in total. The number of hydrogen-bond acceptors (Lipinski definition) is 4. The molecule has 1 aromatic carbocycles. The maximum atomic E-state index is 11.7. The topological polar surface area (TPSA) is 85.4 Å². The van der Waals surface area contributed by atoms with Crippen molar-refractivity contribution >= 4 is 5.97 Å². The second-order valence-electron chi connectivity index (χ2n) is 5.18. The molecular formula is C17H20N2O3. The molecule has 0 saturated carbocycles. The molecule has 0 amide bonds. The number of hydrogen-bond donors (Lipinski definition) is 2. The average Bonchev–Trinajstić information content (AvgIpc) is 2.47. The Morgan fingerprint density at radius 3 is 2.41 bits per heavy atom. The number of aromatic carboxylic acids is 1. The summed E-state index contributed by atoms with van der Waals surface area (Å²) in [6, 6.07) is 7.72. The van der Waals surface area contributed by atoms with Gasteiger partial charge in [-0.25, -0.2) is 4.79 Å². The molecular weight excluding hydrogens is 280 g/mol. The molecule has 1 heterocycles. The lowest BCUT2D eigenvalue weighted by molar-refractivity contribution is 0.0696. The Balaban J connectivity index is 2.81. The molecule has 1 aromatic heterocycles. The largest absolute Gasteiger partial charge is 0.478 e. The lowest BCUT2D eigenvalue weighted by Gasteiger charge is -2.17. The van der Waals surface area contributed by atoms with Gasteiger partial charge in [0.2, 0.25) is 0 Å². The first-order valence-corrected chi connectivity index (χ1v) is 7.01. The number of carbonyl (C=O) groups is 1. The van der Waals surface area contributed by atoms with Gasteiger partial charge < -0.3 is 15.6 Å². The van der Waals surface area contributed by atoms with E-state index in [0.29, 0.717) is 29.1 Å². The van der Waals surface area contributed by atoms with Gasteiger partial charge in [0.25, 0.3) is 0 Å². The van der Waals surface area contributed by atoms with Crippen LogP contribution in [0.3, 0.4) is 0 Å². The van der Waals surface area contributed by atoms with Crippen LogP contribution < -0.4 is 5.73 Å². The third-order valence-electron chi connectivity index (χ3n) is 3.60. The number of ether oxygens (including phenoxy) is 1. The van der Waals surface area contributed by atoms with Gasteiger partial charge in [-0.2, -0.15) is 0 Å². The molecule has 0 atom stereocenters. The quantitative estimate of drug-likeness (QED) is 0.886. The van der Waals surface area contributed by atoms with Crippen LogP contribution in [0.5, 0.6) is 0 Å². The van der Waals surface area contributed by atoms with Crippen LogP contribution in [0, 0.1) is 13.8 Å². The van der Waals surface area contributed by atoms with E-state index in [2.05, 4.69) is 4.98 Å². The van der Waals surface area contributed by atoms with Gasteiger partial charge in [0.15, 0.2) is 0 Å². The highest BCUT2D eigenvalue weighted by atomic mass is 16.5. The molecule has 0 spiro atoms. The highest BCUT2D eigenvalue weighted by Gasteiger charge is 2.22. The Bertz CT molecular complexity index is 694. The monoisotopic (exact) mass is 300 g/mol. The molecule has 0 bridgehead atoms. The third kappa shape index (κ3) is 3.00. The van der Waals surface area contributed by atoms with Gasteiger partial charge in [0.05, 0.1) is 23.6 Å². The molecule has 0 radical (unpaired) electrons. The van der Waals surface area contributed by atoms with Crippen LogP contribution in [-0.2, 0) is 17.9 Å². The van der Waals surface area contributed by atoms with Crippen LogP contribution in [0.2, 0.25) is 0 Å². The molecule has 0 saturated heterocycles. The van der Waals surface area contributed by atoms with Crippen LogP contribution in [0.4, 0.5) is 0 Å². The van der Waals surface area contributed by atoms with E-state index in [1.807, 2.05) is 31.2 Å². The Morgan fingerprint density at radius 2 is 1.91 bits per heavy atom. The van der Waals surface area contributed by atoms with Gasteiger partial charge in [0.1, 0.15) is 0 Å². The number of aromatic nitrogens is 1. The second-order valence-corrected chi connectivity index (χ2v) is 5.18. The number of pyridine rings is 1. The third-order valence-corrected chi connectivity index (χ3v) is 3.60. The molecule has 0 aliphatic heterocycles. The van der Waals surface area contributed by atoms with Crippen molar-refractivity contribution in [1.29, 1.82) is 0 Å². The highest BCUT2D eigenvalue weighted by Crippen LogP contribution is 2.31. The summed E-state index contributed by atoms with van der Waals surface area (Å²) < 4.78 is 5.17. The maximum Gasteiger partial charge on any atom is 0.338 e.